The maximum absolute atomic E-state index is 14.0. The van der Waals surface area contributed by atoms with Gasteiger partial charge in [0.1, 0.15) is 24.1 Å². The molecule has 5 rings (SSSR count). The fourth-order valence-corrected chi connectivity index (χ4v) is 5.65. The predicted octanol–water partition coefficient (Wildman–Crippen LogP) is 6.32. The van der Waals surface area contributed by atoms with Crippen LogP contribution in [-0.2, 0) is 35.4 Å². The zero-order chi connectivity index (χ0) is 29.4. The van der Waals surface area contributed by atoms with Crippen molar-refractivity contribution in [1.82, 2.24) is 10.6 Å². The van der Waals surface area contributed by atoms with Crippen LogP contribution in [0.25, 0.3) is 0 Å². The van der Waals surface area contributed by atoms with E-state index >= 15 is 0 Å². The van der Waals surface area contributed by atoms with Crippen LogP contribution in [0, 0.1) is 17.1 Å². The third-order valence-electron chi connectivity index (χ3n) is 7.68. The molecule has 1 saturated heterocycles. The maximum Gasteiger partial charge on any atom is 0.163 e. The molecular weight excluding hydrogens is 525 g/mol. The van der Waals surface area contributed by atoms with E-state index in [2.05, 4.69) is 71.3 Å². The molecule has 2 N–H and O–H groups in total. The second-order valence-corrected chi connectivity index (χ2v) is 11.3. The van der Waals surface area contributed by atoms with Crippen LogP contribution in [0.3, 0.4) is 0 Å². The van der Waals surface area contributed by atoms with E-state index in [0.717, 1.165) is 12.0 Å². The minimum Gasteiger partial charge on any atom is -0.343 e. The van der Waals surface area contributed by atoms with Crippen LogP contribution in [0.1, 0.15) is 41.7 Å². The van der Waals surface area contributed by atoms with Crippen molar-refractivity contribution in [2.45, 2.75) is 69.9 Å². The molecule has 1 aliphatic heterocycles. The number of nitrogens with zero attached hydrogens (tertiary/aromatic N) is 1. The molecule has 6 heteroatoms. The number of benzene rings is 4. The average Bonchev–Trinajstić information content (AvgIpc) is 3.34. The Bertz CT molecular complexity index is 1460. The fraction of sp³-hybridized carbons (Fsp3) is 0.306. The van der Waals surface area contributed by atoms with E-state index in [0.29, 0.717) is 19.5 Å². The Hall–Kier alpha value is -3.86. The van der Waals surface area contributed by atoms with Gasteiger partial charge in [0, 0.05) is 25.2 Å². The second kappa shape index (κ2) is 13.9. The summed E-state index contributed by atoms with van der Waals surface area (Å²) in [7, 11) is 0. The first-order valence-corrected chi connectivity index (χ1v) is 14.5. The monoisotopic (exact) mass is 563 g/mol. The maximum atomic E-state index is 14.0. The molecule has 5 nitrogen and oxygen atoms in total. The van der Waals surface area contributed by atoms with Gasteiger partial charge in [0.05, 0.1) is 5.56 Å². The summed E-state index contributed by atoms with van der Waals surface area (Å²) >= 11 is 0. The molecular formula is C36H38FN3O2. The first-order chi connectivity index (χ1) is 20.4. The molecule has 0 radical (unpaired) electrons. The number of rotatable bonds is 12. The topological polar surface area (TPSA) is 66.3 Å². The summed E-state index contributed by atoms with van der Waals surface area (Å²) in [5, 5.41) is 16.8. The zero-order valence-corrected chi connectivity index (χ0v) is 24.2. The van der Waals surface area contributed by atoms with E-state index in [1.165, 1.54) is 22.8 Å². The number of nitriles is 1. The van der Waals surface area contributed by atoms with Gasteiger partial charge in [-0.05, 0) is 61.1 Å². The molecule has 42 heavy (non-hydrogen) atoms. The Morgan fingerprint density at radius 1 is 0.690 bits per heavy atom. The zero-order valence-electron chi connectivity index (χ0n) is 24.2. The number of hydrogen-bond acceptors (Lipinski definition) is 5. The molecule has 2 unspecified atom stereocenters. The van der Waals surface area contributed by atoms with Crippen LogP contribution in [0.5, 0.6) is 0 Å². The molecule has 0 aliphatic carbocycles. The molecule has 0 amide bonds. The third-order valence-corrected chi connectivity index (χ3v) is 7.68. The Morgan fingerprint density at radius 3 is 1.62 bits per heavy atom. The highest BCUT2D eigenvalue weighted by atomic mass is 19.1. The SMILES string of the molecule is CC1(C)OC([C@@H](Cc2ccccc2)NCc2ccccc2)C([C@@H](Cc2ccccc2)NCc2ccc(F)c(C#N)c2)O1. The van der Waals surface area contributed by atoms with E-state index in [9.17, 15) is 9.65 Å². The van der Waals surface area contributed by atoms with Crippen molar-refractivity contribution < 1.29 is 13.9 Å². The highest BCUT2D eigenvalue weighted by Gasteiger charge is 2.48. The van der Waals surface area contributed by atoms with Crippen LogP contribution in [0.2, 0.25) is 0 Å². The molecule has 0 spiro atoms. The molecule has 1 fully saturated rings. The first kappa shape index (κ1) is 29.6. The summed E-state index contributed by atoms with van der Waals surface area (Å²) in [6.45, 7) is 5.10. The van der Waals surface area contributed by atoms with Gasteiger partial charge >= 0.3 is 0 Å². The average molecular weight is 564 g/mol. The van der Waals surface area contributed by atoms with Crippen LogP contribution in [-0.4, -0.2) is 30.1 Å². The summed E-state index contributed by atoms with van der Waals surface area (Å²) in [6, 6.07) is 37.6. The van der Waals surface area contributed by atoms with Gasteiger partial charge in [0.25, 0.3) is 0 Å². The molecule has 1 heterocycles. The van der Waals surface area contributed by atoms with E-state index in [1.807, 2.05) is 50.2 Å². The van der Waals surface area contributed by atoms with E-state index in [-0.39, 0.29) is 29.9 Å². The molecule has 0 aromatic heterocycles. The van der Waals surface area contributed by atoms with Crippen LogP contribution >= 0.6 is 0 Å². The molecule has 1 aliphatic rings. The van der Waals surface area contributed by atoms with Crippen LogP contribution in [0.15, 0.2) is 109 Å². The van der Waals surface area contributed by atoms with Crippen molar-refractivity contribution in [2.75, 3.05) is 0 Å². The molecule has 0 saturated carbocycles. The lowest BCUT2D eigenvalue weighted by Crippen LogP contribution is -2.53. The van der Waals surface area contributed by atoms with Gasteiger partial charge < -0.3 is 20.1 Å². The quantitative estimate of drug-likeness (QED) is 0.211. The summed E-state index contributed by atoms with van der Waals surface area (Å²) in [5.74, 6) is -1.29. The molecule has 4 aromatic rings. The van der Waals surface area contributed by atoms with Gasteiger partial charge in [-0.3, -0.25) is 0 Å². The van der Waals surface area contributed by atoms with Crippen molar-refractivity contribution in [3.63, 3.8) is 0 Å². The van der Waals surface area contributed by atoms with Crippen molar-refractivity contribution in [3.05, 3.63) is 143 Å². The summed E-state index contributed by atoms with van der Waals surface area (Å²) in [4.78, 5) is 0. The molecule has 4 atom stereocenters. The fourth-order valence-electron chi connectivity index (χ4n) is 5.65. The lowest BCUT2D eigenvalue weighted by Gasteiger charge is -2.33. The van der Waals surface area contributed by atoms with E-state index in [1.54, 1.807) is 12.1 Å². The van der Waals surface area contributed by atoms with Gasteiger partial charge in [0.2, 0.25) is 0 Å². The van der Waals surface area contributed by atoms with Crippen molar-refractivity contribution in [2.24, 2.45) is 0 Å². The number of ether oxygens (including phenoxy) is 2. The van der Waals surface area contributed by atoms with Gasteiger partial charge in [-0.2, -0.15) is 5.26 Å². The van der Waals surface area contributed by atoms with Crippen molar-refractivity contribution >= 4 is 0 Å². The predicted molar refractivity (Wildman–Crippen MR) is 163 cm³/mol. The lowest BCUT2D eigenvalue weighted by atomic mass is 9.91. The highest BCUT2D eigenvalue weighted by molar-refractivity contribution is 5.34. The largest absolute Gasteiger partial charge is 0.343 e. The lowest BCUT2D eigenvalue weighted by molar-refractivity contribution is -0.150. The van der Waals surface area contributed by atoms with E-state index < -0.39 is 11.6 Å². The first-order valence-electron chi connectivity index (χ1n) is 14.5. The third kappa shape index (κ3) is 7.90. The minimum absolute atomic E-state index is 0.0320. The van der Waals surface area contributed by atoms with E-state index in [4.69, 9.17) is 9.47 Å². The van der Waals surface area contributed by atoms with Gasteiger partial charge in [0.15, 0.2) is 5.79 Å². The Labute approximate surface area is 248 Å². The molecule has 0 bridgehead atoms. The Balaban J connectivity index is 1.44. The summed E-state index contributed by atoms with van der Waals surface area (Å²) in [6.07, 6.45) is 0.946. The number of halogens is 1. The Kier molecular flexibility index (Phi) is 9.78. The number of nitrogens with one attached hydrogen (secondary N) is 2. The Morgan fingerprint density at radius 2 is 1.14 bits per heavy atom. The van der Waals surface area contributed by atoms with Gasteiger partial charge in [-0.1, -0.05) is 97.1 Å². The summed E-state index contributed by atoms with van der Waals surface area (Å²) < 4.78 is 27.4. The minimum atomic E-state index is -0.779. The molecule has 216 valence electrons. The standard InChI is InChI=1S/C36H38FN3O2/c1-36(2)41-34(32(21-26-12-6-3-7-13-26)39-24-28-16-10-5-11-17-28)35(42-36)33(22-27-14-8-4-9-15-27)40-25-29-18-19-31(37)30(20-29)23-38/h3-20,32-35,39-40H,21-22,24-25H2,1-2H3/t32-,33-,34?,35?/m1/s1. The van der Waals surface area contributed by atoms with Crippen molar-refractivity contribution in [3.8, 4) is 6.07 Å². The normalized spacial score (nSPS) is 19.2. The van der Waals surface area contributed by atoms with Gasteiger partial charge in [-0.15, -0.1) is 0 Å². The van der Waals surface area contributed by atoms with Crippen molar-refractivity contribution in [1.29, 1.82) is 5.26 Å². The van der Waals surface area contributed by atoms with Gasteiger partial charge in [-0.25, -0.2) is 4.39 Å². The number of hydrogen-bond donors (Lipinski definition) is 2. The highest BCUT2D eigenvalue weighted by Crippen LogP contribution is 2.34. The smallest absolute Gasteiger partial charge is 0.163 e. The summed E-state index contributed by atoms with van der Waals surface area (Å²) in [5.41, 5.74) is 4.48. The molecule has 4 aromatic carbocycles. The van der Waals surface area contributed by atoms with Crippen LogP contribution in [0.4, 0.5) is 4.39 Å². The van der Waals surface area contributed by atoms with Crippen LogP contribution < -0.4 is 10.6 Å². The second-order valence-electron chi connectivity index (χ2n) is 11.3.